The zero-order valence-electron chi connectivity index (χ0n) is 9.18. The third-order valence-electron chi connectivity index (χ3n) is 2.72. The lowest BCUT2D eigenvalue weighted by molar-refractivity contribution is -0.231. The van der Waals surface area contributed by atoms with E-state index in [-0.39, 0.29) is 11.6 Å². The van der Waals surface area contributed by atoms with Crippen LogP contribution in [0.15, 0.2) is 30.3 Å². The Morgan fingerprint density at radius 3 is 2.60 bits per heavy atom. The second-order valence-electron chi connectivity index (χ2n) is 4.59. The zero-order chi connectivity index (χ0) is 10.9. The van der Waals surface area contributed by atoms with Gasteiger partial charge in [-0.3, -0.25) is 0 Å². The quantitative estimate of drug-likeness (QED) is 0.766. The van der Waals surface area contributed by atoms with Crippen LogP contribution in [0.2, 0.25) is 0 Å². The van der Waals surface area contributed by atoms with Gasteiger partial charge in [-0.05, 0) is 19.4 Å². The van der Waals surface area contributed by atoms with Crippen molar-refractivity contribution in [2.24, 2.45) is 0 Å². The summed E-state index contributed by atoms with van der Waals surface area (Å²) in [4.78, 5) is 0. The van der Waals surface area contributed by atoms with Crippen LogP contribution in [0.25, 0.3) is 0 Å². The lowest BCUT2D eigenvalue weighted by atomic mass is 10.0. The molecule has 3 nitrogen and oxygen atoms in total. The van der Waals surface area contributed by atoms with E-state index in [0.717, 1.165) is 5.56 Å². The molecule has 1 heterocycles. The summed E-state index contributed by atoms with van der Waals surface area (Å²) in [6, 6.07) is 9.90. The predicted octanol–water partition coefficient (Wildman–Crippen LogP) is 2.23. The highest BCUT2D eigenvalue weighted by molar-refractivity contribution is 5.19. The van der Waals surface area contributed by atoms with Crippen LogP contribution in [-0.4, -0.2) is 29.0 Å². The Labute approximate surface area is 90.2 Å². The molecule has 0 amide bonds. The number of hydroxylamine groups is 2. The fourth-order valence-electron chi connectivity index (χ4n) is 1.88. The summed E-state index contributed by atoms with van der Waals surface area (Å²) in [7, 11) is 0. The van der Waals surface area contributed by atoms with Crippen LogP contribution in [0, 0.1) is 0 Å². The second-order valence-corrected chi connectivity index (χ2v) is 4.59. The molecule has 1 saturated heterocycles. The van der Waals surface area contributed by atoms with E-state index in [1.807, 2.05) is 44.2 Å². The molecular formula is C12H17NO2. The van der Waals surface area contributed by atoms with Crippen molar-refractivity contribution >= 4 is 0 Å². The van der Waals surface area contributed by atoms with Gasteiger partial charge in [-0.15, -0.1) is 0 Å². The molecule has 0 aromatic heterocycles. The molecule has 0 spiro atoms. The minimum Gasteiger partial charge on any atom is -0.372 e. The Balaban J connectivity index is 2.13. The highest BCUT2D eigenvalue weighted by atomic mass is 16.5. The summed E-state index contributed by atoms with van der Waals surface area (Å²) in [6.07, 6.45) is 0. The molecule has 1 aromatic carbocycles. The van der Waals surface area contributed by atoms with Crippen molar-refractivity contribution < 1.29 is 9.94 Å². The van der Waals surface area contributed by atoms with Crippen LogP contribution in [0.4, 0.5) is 0 Å². The van der Waals surface area contributed by atoms with Crippen LogP contribution >= 0.6 is 0 Å². The fourth-order valence-corrected chi connectivity index (χ4v) is 1.88. The number of rotatable bonds is 1. The summed E-state index contributed by atoms with van der Waals surface area (Å²) in [5.74, 6) is 0. The average Bonchev–Trinajstić information content (AvgIpc) is 2.17. The molecule has 0 saturated carbocycles. The molecule has 1 unspecified atom stereocenters. The number of hydrogen-bond acceptors (Lipinski definition) is 3. The number of benzene rings is 1. The number of ether oxygens (including phenoxy) is 1. The van der Waals surface area contributed by atoms with Gasteiger partial charge in [0, 0.05) is 0 Å². The van der Waals surface area contributed by atoms with Gasteiger partial charge in [-0.2, -0.15) is 5.06 Å². The molecule has 1 aliphatic heterocycles. The molecule has 82 valence electrons. The van der Waals surface area contributed by atoms with Crippen molar-refractivity contribution in [2.45, 2.75) is 25.5 Å². The molecule has 15 heavy (non-hydrogen) atoms. The molecular weight excluding hydrogens is 190 g/mol. The summed E-state index contributed by atoms with van der Waals surface area (Å²) in [5, 5.41) is 11.3. The monoisotopic (exact) mass is 207 g/mol. The number of nitrogens with zero attached hydrogens (tertiary/aromatic N) is 1. The molecule has 0 radical (unpaired) electrons. The fraction of sp³-hybridized carbons (Fsp3) is 0.500. The van der Waals surface area contributed by atoms with Crippen molar-refractivity contribution in [1.82, 2.24) is 5.06 Å². The smallest absolute Gasteiger partial charge is 0.0834 e. The molecule has 0 bridgehead atoms. The highest BCUT2D eigenvalue weighted by Gasteiger charge is 2.33. The van der Waals surface area contributed by atoms with E-state index in [2.05, 4.69) is 0 Å². The second kappa shape index (κ2) is 3.93. The first-order valence-electron chi connectivity index (χ1n) is 5.23. The van der Waals surface area contributed by atoms with Gasteiger partial charge in [0.25, 0.3) is 0 Å². The van der Waals surface area contributed by atoms with E-state index in [1.54, 1.807) is 0 Å². The van der Waals surface area contributed by atoms with E-state index in [4.69, 9.17) is 4.74 Å². The summed E-state index contributed by atoms with van der Waals surface area (Å²) in [6.45, 7) is 5.04. The molecule has 2 rings (SSSR count). The Kier molecular flexibility index (Phi) is 2.78. The Bertz CT molecular complexity index is 324. The van der Waals surface area contributed by atoms with Gasteiger partial charge >= 0.3 is 0 Å². The van der Waals surface area contributed by atoms with Gasteiger partial charge in [-0.1, -0.05) is 30.3 Å². The maximum Gasteiger partial charge on any atom is 0.0834 e. The first-order valence-corrected chi connectivity index (χ1v) is 5.23. The first-order chi connectivity index (χ1) is 7.08. The third-order valence-corrected chi connectivity index (χ3v) is 2.72. The molecule has 0 aliphatic carbocycles. The molecule has 1 aliphatic rings. The molecule has 1 N–H and O–H groups in total. The van der Waals surface area contributed by atoms with Crippen LogP contribution < -0.4 is 0 Å². The SMILES string of the molecule is CC1(C)CN(O)C(c2ccccc2)CO1. The average molecular weight is 207 g/mol. The minimum atomic E-state index is -0.264. The van der Waals surface area contributed by atoms with E-state index in [1.165, 1.54) is 5.06 Å². The Hall–Kier alpha value is -0.900. The lowest BCUT2D eigenvalue weighted by Crippen LogP contribution is -2.48. The largest absolute Gasteiger partial charge is 0.372 e. The predicted molar refractivity (Wildman–Crippen MR) is 57.7 cm³/mol. The maximum atomic E-state index is 9.91. The van der Waals surface area contributed by atoms with Gasteiger partial charge in [0.05, 0.1) is 24.8 Å². The highest BCUT2D eigenvalue weighted by Crippen LogP contribution is 2.28. The summed E-state index contributed by atoms with van der Waals surface area (Å²) in [5.41, 5.74) is 0.829. The van der Waals surface area contributed by atoms with E-state index < -0.39 is 0 Å². The van der Waals surface area contributed by atoms with E-state index in [9.17, 15) is 5.21 Å². The van der Waals surface area contributed by atoms with Gasteiger partial charge in [0.1, 0.15) is 0 Å². The first kappa shape index (κ1) is 10.6. The molecule has 1 atom stereocenters. The topological polar surface area (TPSA) is 32.7 Å². The van der Waals surface area contributed by atoms with Crippen molar-refractivity contribution in [3.05, 3.63) is 35.9 Å². The van der Waals surface area contributed by atoms with Crippen LogP contribution in [0.3, 0.4) is 0 Å². The van der Waals surface area contributed by atoms with Crippen molar-refractivity contribution in [3.63, 3.8) is 0 Å². The zero-order valence-corrected chi connectivity index (χ0v) is 9.18. The number of morpholine rings is 1. The van der Waals surface area contributed by atoms with Gasteiger partial charge in [-0.25, -0.2) is 0 Å². The van der Waals surface area contributed by atoms with E-state index in [0.29, 0.717) is 13.2 Å². The lowest BCUT2D eigenvalue weighted by Gasteiger charge is -2.40. The van der Waals surface area contributed by atoms with Gasteiger partial charge in [0.2, 0.25) is 0 Å². The summed E-state index contributed by atoms with van der Waals surface area (Å²) < 4.78 is 5.70. The summed E-state index contributed by atoms with van der Waals surface area (Å²) >= 11 is 0. The standard InChI is InChI=1S/C12H17NO2/c1-12(2)9-13(14)11(8-15-12)10-6-4-3-5-7-10/h3-7,11,14H,8-9H2,1-2H3. The van der Waals surface area contributed by atoms with Crippen molar-refractivity contribution in [1.29, 1.82) is 0 Å². The molecule has 1 fully saturated rings. The van der Waals surface area contributed by atoms with Crippen molar-refractivity contribution in [2.75, 3.05) is 13.2 Å². The van der Waals surface area contributed by atoms with Crippen LogP contribution in [0.5, 0.6) is 0 Å². The Morgan fingerprint density at radius 1 is 1.33 bits per heavy atom. The normalized spacial score (nSPS) is 26.5. The third kappa shape index (κ3) is 2.37. The maximum absolute atomic E-state index is 9.91. The minimum absolute atomic E-state index is 0.0424. The number of hydrogen-bond donors (Lipinski definition) is 1. The van der Waals surface area contributed by atoms with Crippen LogP contribution in [-0.2, 0) is 4.74 Å². The molecule has 3 heteroatoms. The van der Waals surface area contributed by atoms with Crippen LogP contribution in [0.1, 0.15) is 25.5 Å². The van der Waals surface area contributed by atoms with Gasteiger partial charge in [0.15, 0.2) is 0 Å². The van der Waals surface area contributed by atoms with Crippen molar-refractivity contribution in [3.8, 4) is 0 Å². The Morgan fingerprint density at radius 2 is 2.00 bits per heavy atom. The van der Waals surface area contributed by atoms with E-state index >= 15 is 0 Å². The van der Waals surface area contributed by atoms with Gasteiger partial charge < -0.3 is 9.94 Å². The molecule has 1 aromatic rings.